The average Bonchev–Trinajstić information content (AvgIpc) is 2.23. The first kappa shape index (κ1) is 13.7. The Kier molecular flexibility index (Phi) is 4.28. The Bertz CT molecular complexity index is 438. The average molecular weight is 240 g/mol. The highest BCUT2D eigenvalue weighted by atomic mass is 16.5. The van der Waals surface area contributed by atoms with Gasteiger partial charge >= 0.3 is 0 Å². The minimum Gasteiger partial charge on any atom is -0.493 e. The largest absolute Gasteiger partial charge is 0.493 e. The van der Waals surface area contributed by atoms with Gasteiger partial charge in [0.2, 0.25) is 5.88 Å². The summed E-state index contributed by atoms with van der Waals surface area (Å²) in [5, 5.41) is 9.75. The third-order valence-corrected chi connectivity index (χ3v) is 2.57. The Morgan fingerprint density at radius 3 is 2.53 bits per heavy atom. The maximum atomic E-state index is 11.8. The van der Waals surface area contributed by atoms with Gasteiger partial charge < -0.3 is 14.8 Å². The lowest BCUT2D eigenvalue weighted by Crippen LogP contribution is -2.29. The molecule has 0 saturated heterocycles. The van der Waals surface area contributed by atoms with E-state index in [0.717, 1.165) is 6.42 Å². The second kappa shape index (κ2) is 5.31. The fourth-order valence-electron chi connectivity index (χ4n) is 1.68. The number of H-pyrrole nitrogens is 1. The number of nitrogens with one attached hydrogen (secondary N) is 1. The highest BCUT2D eigenvalue weighted by Gasteiger charge is 2.25. The van der Waals surface area contributed by atoms with Crippen LogP contribution >= 0.6 is 0 Å². The number of aromatic amines is 1. The van der Waals surface area contributed by atoms with Crippen LogP contribution in [0.2, 0.25) is 0 Å². The van der Waals surface area contributed by atoms with Gasteiger partial charge in [0.05, 0.1) is 5.56 Å². The highest BCUT2D eigenvalue weighted by molar-refractivity contribution is 5.23. The SMILES string of the molecule is CCCc1c(O)nc(C(C)(C)OCC)[nH]c1=O. The quantitative estimate of drug-likeness (QED) is 0.821. The fraction of sp³-hybridized carbons (Fsp3) is 0.667. The minimum absolute atomic E-state index is 0.196. The monoisotopic (exact) mass is 240 g/mol. The Labute approximate surface area is 101 Å². The van der Waals surface area contributed by atoms with Gasteiger partial charge in [0.25, 0.3) is 5.56 Å². The Hall–Kier alpha value is -1.36. The molecule has 2 N–H and O–H groups in total. The van der Waals surface area contributed by atoms with E-state index in [1.54, 1.807) is 13.8 Å². The molecule has 17 heavy (non-hydrogen) atoms. The molecule has 0 amide bonds. The first-order chi connectivity index (χ1) is 7.92. The molecule has 1 aromatic rings. The number of rotatable bonds is 5. The molecule has 0 aliphatic heterocycles. The van der Waals surface area contributed by atoms with Gasteiger partial charge in [-0.05, 0) is 27.2 Å². The number of hydrogen-bond acceptors (Lipinski definition) is 4. The zero-order chi connectivity index (χ0) is 13.1. The number of nitrogens with zero attached hydrogens (tertiary/aromatic N) is 1. The van der Waals surface area contributed by atoms with Crippen molar-refractivity contribution in [1.29, 1.82) is 0 Å². The van der Waals surface area contributed by atoms with Gasteiger partial charge in [0.1, 0.15) is 11.4 Å². The predicted octanol–water partition coefficient (Wildman–Crippen LogP) is 1.70. The van der Waals surface area contributed by atoms with Crippen LogP contribution in [0.4, 0.5) is 0 Å². The van der Waals surface area contributed by atoms with Crippen molar-refractivity contribution in [3.05, 3.63) is 21.7 Å². The van der Waals surface area contributed by atoms with Crippen LogP contribution in [0.5, 0.6) is 5.88 Å². The van der Waals surface area contributed by atoms with E-state index in [9.17, 15) is 9.90 Å². The molecule has 5 nitrogen and oxygen atoms in total. The van der Waals surface area contributed by atoms with Gasteiger partial charge in [-0.1, -0.05) is 13.3 Å². The van der Waals surface area contributed by atoms with Crippen LogP contribution in [-0.2, 0) is 16.8 Å². The summed E-state index contributed by atoms with van der Waals surface area (Å²) in [6.45, 7) is 7.91. The smallest absolute Gasteiger partial charge is 0.258 e. The van der Waals surface area contributed by atoms with Gasteiger partial charge in [-0.15, -0.1) is 0 Å². The molecule has 0 radical (unpaired) electrons. The van der Waals surface area contributed by atoms with Crippen LogP contribution in [0.15, 0.2) is 4.79 Å². The Balaban J connectivity index is 3.18. The van der Waals surface area contributed by atoms with Crippen LogP contribution in [-0.4, -0.2) is 21.7 Å². The van der Waals surface area contributed by atoms with Crippen LogP contribution in [0, 0.1) is 0 Å². The molecule has 1 heterocycles. The van der Waals surface area contributed by atoms with E-state index in [0.29, 0.717) is 24.4 Å². The van der Waals surface area contributed by atoms with Gasteiger partial charge in [-0.25, -0.2) is 0 Å². The zero-order valence-corrected chi connectivity index (χ0v) is 10.8. The van der Waals surface area contributed by atoms with E-state index in [1.165, 1.54) is 0 Å². The molecule has 0 aliphatic carbocycles. The first-order valence-electron chi connectivity index (χ1n) is 5.89. The summed E-state index contributed by atoms with van der Waals surface area (Å²) in [5.74, 6) is 0.153. The van der Waals surface area contributed by atoms with Crippen molar-refractivity contribution < 1.29 is 9.84 Å². The van der Waals surface area contributed by atoms with Crippen molar-refractivity contribution in [2.75, 3.05) is 6.61 Å². The lowest BCUT2D eigenvalue weighted by Gasteiger charge is -2.23. The molecule has 0 unspecified atom stereocenters. The van der Waals surface area contributed by atoms with E-state index in [1.807, 2.05) is 13.8 Å². The molecular weight excluding hydrogens is 220 g/mol. The van der Waals surface area contributed by atoms with Crippen molar-refractivity contribution in [3.8, 4) is 5.88 Å². The molecule has 96 valence electrons. The van der Waals surface area contributed by atoms with Crippen molar-refractivity contribution in [1.82, 2.24) is 9.97 Å². The van der Waals surface area contributed by atoms with Crippen molar-refractivity contribution >= 4 is 0 Å². The normalized spacial score (nSPS) is 11.8. The molecule has 0 aliphatic rings. The standard InChI is InChI=1S/C12H20N2O3/c1-5-7-8-9(15)13-11(14-10(8)16)12(3,4)17-6-2/h5-7H2,1-4H3,(H2,13,14,15,16). The lowest BCUT2D eigenvalue weighted by atomic mass is 10.1. The summed E-state index contributed by atoms with van der Waals surface area (Å²) in [6.07, 6.45) is 1.30. The van der Waals surface area contributed by atoms with Crippen LogP contribution in [0.1, 0.15) is 45.5 Å². The second-order valence-corrected chi connectivity index (χ2v) is 4.41. The first-order valence-corrected chi connectivity index (χ1v) is 5.89. The fourth-order valence-corrected chi connectivity index (χ4v) is 1.68. The van der Waals surface area contributed by atoms with Crippen molar-refractivity contribution in [2.24, 2.45) is 0 Å². The molecule has 0 aromatic carbocycles. The molecule has 1 aromatic heterocycles. The summed E-state index contributed by atoms with van der Waals surface area (Å²) in [5.41, 5.74) is -0.665. The minimum atomic E-state index is -0.712. The van der Waals surface area contributed by atoms with Gasteiger partial charge in [-0.2, -0.15) is 4.98 Å². The van der Waals surface area contributed by atoms with Gasteiger partial charge in [0, 0.05) is 6.61 Å². The third kappa shape index (κ3) is 3.06. The Morgan fingerprint density at radius 2 is 2.06 bits per heavy atom. The molecule has 0 bridgehead atoms. The summed E-state index contributed by atoms with van der Waals surface area (Å²) in [6, 6.07) is 0. The van der Waals surface area contributed by atoms with Gasteiger partial charge in [0.15, 0.2) is 0 Å². The predicted molar refractivity (Wildman–Crippen MR) is 65.2 cm³/mol. The van der Waals surface area contributed by atoms with Crippen LogP contribution in [0.3, 0.4) is 0 Å². The summed E-state index contributed by atoms with van der Waals surface area (Å²) in [7, 11) is 0. The highest BCUT2D eigenvalue weighted by Crippen LogP contribution is 2.22. The topological polar surface area (TPSA) is 75.2 Å². The lowest BCUT2D eigenvalue weighted by molar-refractivity contribution is -0.0214. The molecule has 5 heteroatoms. The molecule has 0 atom stereocenters. The van der Waals surface area contributed by atoms with E-state index in [2.05, 4.69) is 9.97 Å². The maximum absolute atomic E-state index is 11.8. The zero-order valence-electron chi connectivity index (χ0n) is 10.8. The van der Waals surface area contributed by atoms with Crippen LogP contribution < -0.4 is 5.56 Å². The number of aromatic nitrogens is 2. The summed E-state index contributed by atoms with van der Waals surface area (Å²) < 4.78 is 5.48. The summed E-state index contributed by atoms with van der Waals surface area (Å²) in [4.78, 5) is 18.5. The van der Waals surface area contributed by atoms with E-state index >= 15 is 0 Å². The molecule has 0 fully saturated rings. The Morgan fingerprint density at radius 1 is 1.41 bits per heavy atom. The summed E-state index contributed by atoms with van der Waals surface area (Å²) >= 11 is 0. The van der Waals surface area contributed by atoms with Crippen LogP contribution in [0.25, 0.3) is 0 Å². The number of aromatic hydroxyl groups is 1. The van der Waals surface area contributed by atoms with Crippen molar-refractivity contribution in [3.63, 3.8) is 0 Å². The second-order valence-electron chi connectivity index (χ2n) is 4.41. The number of ether oxygens (including phenoxy) is 1. The molecule has 1 rings (SSSR count). The molecular formula is C12H20N2O3. The van der Waals surface area contributed by atoms with E-state index in [-0.39, 0.29) is 11.4 Å². The van der Waals surface area contributed by atoms with E-state index < -0.39 is 5.60 Å². The third-order valence-electron chi connectivity index (χ3n) is 2.57. The van der Waals surface area contributed by atoms with E-state index in [4.69, 9.17) is 4.74 Å². The molecule has 0 spiro atoms. The molecule has 0 saturated carbocycles. The maximum Gasteiger partial charge on any atom is 0.258 e. The van der Waals surface area contributed by atoms with Crippen molar-refractivity contribution in [2.45, 2.75) is 46.1 Å². The van der Waals surface area contributed by atoms with Gasteiger partial charge in [-0.3, -0.25) is 4.79 Å². The number of hydrogen-bond donors (Lipinski definition) is 2.